The smallest absolute Gasteiger partial charge is 0.250 e. The summed E-state index contributed by atoms with van der Waals surface area (Å²) in [5, 5.41) is 20.7. The molecule has 1 N–H and O–H groups in total. The Morgan fingerprint density at radius 2 is 1.94 bits per heavy atom. The summed E-state index contributed by atoms with van der Waals surface area (Å²) in [4.78, 5) is 0. The molecule has 0 amide bonds. The Kier molecular flexibility index (Phi) is 7.40. The molecule has 3 aromatic rings. The molecular weight excluding hydrogens is 472 g/mol. The van der Waals surface area contributed by atoms with Gasteiger partial charge in [0.15, 0.2) is 12.0 Å². The fraction of sp³-hybridized carbons (Fsp3) is 0.630. The summed E-state index contributed by atoms with van der Waals surface area (Å²) in [6, 6.07) is 6.25. The van der Waals surface area contributed by atoms with Gasteiger partial charge in [-0.25, -0.2) is 4.68 Å². The van der Waals surface area contributed by atoms with Crippen LogP contribution in [0.25, 0.3) is 22.2 Å². The van der Waals surface area contributed by atoms with E-state index in [1.165, 1.54) is 0 Å². The first-order chi connectivity index (χ1) is 16.7. The average molecular weight is 515 g/mol. The number of benzene rings is 1. The molecule has 0 bridgehead atoms. The van der Waals surface area contributed by atoms with E-state index in [1.807, 2.05) is 28.7 Å². The predicted molar refractivity (Wildman–Crippen MR) is 145 cm³/mol. The van der Waals surface area contributed by atoms with Crippen LogP contribution in [0.5, 0.6) is 5.75 Å². The molecule has 1 saturated heterocycles. The van der Waals surface area contributed by atoms with Gasteiger partial charge in [0, 0.05) is 23.8 Å². The highest BCUT2D eigenvalue weighted by Crippen LogP contribution is 2.40. The second kappa shape index (κ2) is 9.93. The van der Waals surface area contributed by atoms with Crippen LogP contribution in [0.3, 0.4) is 0 Å². The second-order valence-corrected chi connectivity index (χ2v) is 16.7. The van der Waals surface area contributed by atoms with Gasteiger partial charge in [0.2, 0.25) is 8.32 Å². The van der Waals surface area contributed by atoms with E-state index in [0.717, 1.165) is 53.8 Å². The van der Waals surface area contributed by atoms with E-state index in [2.05, 4.69) is 57.2 Å². The summed E-state index contributed by atoms with van der Waals surface area (Å²) in [6.45, 7) is 17.6. The third-order valence-electron chi connectivity index (χ3n) is 7.29. The van der Waals surface area contributed by atoms with Gasteiger partial charge in [-0.15, -0.1) is 0 Å². The lowest BCUT2D eigenvalue weighted by molar-refractivity contribution is -0.181. The molecule has 1 aliphatic heterocycles. The Balaban J connectivity index is 1.72. The quantitative estimate of drug-likeness (QED) is 0.281. The summed E-state index contributed by atoms with van der Waals surface area (Å²) in [5.74, 6) is -0.307. The van der Waals surface area contributed by atoms with Gasteiger partial charge in [0.25, 0.3) is 0 Å². The molecule has 1 aliphatic rings. The van der Waals surface area contributed by atoms with Gasteiger partial charge in [-0.1, -0.05) is 20.8 Å². The molecule has 36 heavy (non-hydrogen) atoms. The monoisotopic (exact) mass is 514 g/mol. The Morgan fingerprint density at radius 1 is 1.19 bits per heavy atom. The zero-order chi connectivity index (χ0) is 26.3. The highest BCUT2D eigenvalue weighted by Gasteiger charge is 2.39. The molecule has 0 aliphatic carbocycles. The lowest BCUT2D eigenvalue weighted by Gasteiger charge is -2.36. The van der Waals surface area contributed by atoms with Crippen molar-refractivity contribution in [2.75, 3.05) is 13.2 Å². The van der Waals surface area contributed by atoms with E-state index in [-0.39, 0.29) is 17.3 Å². The van der Waals surface area contributed by atoms with Crippen LogP contribution in [0.2, 0.25) is 18.1 Å². The van der Waals surface area contributed by atoms with Gasteiger partial charge in [0.05, 0.1) is 24.4 Å². The lowest BCUT2D eigenvalue weighted by atomic mass is 10.1. The van der Waals surface area contributed by atoms with Crippen molar-refractivity contribution in [3.63, 3.8) is 0 Å². The summed E-state index contributed by atoms with van der Waals surface area (Å²) in [5.41, 5.74) is 2.82. The molecule has 1 fully saturated rings. The molecule has 2 atom stereocenters. The predicted octanol–water partition coefficient (Wildman–Crippen LogP) is 6.29. The normalized spacial score (nSPS) is 18.5. The fourth-order valence-electron chi connectivity index (χ4n) is 4.08. The lowest BCUT2D eigenvalue weighted by Crippen LogP contribution is -2.43. The van der Waals surface area contributed by atoms with Gasteiger partial charge in [-0.2, -0.15) is 10.2 Å². The van der Waals surface area contributed by atoms with Crippen LogP contribution >= 0.6 is 0 Å². The minimum Gasteiger partial charge on any atom is -0.543 e. The van der Waals surface area contributed by atoms with Crippen molar-refractivity contribution in [3.8, 4) is 17.0 Å². The zero-order valence-corrected chi connectivity index (χ0v) is 24.0. The Morgan fingerprint density at radius 3 is 2.58 bits per heavy atom. The number of aliphatic hydroxyl groups is 1. The Bertz CT molecular complexity index is 1180. The highest BCUT2D eigenvalue weighted by atomic mass is 28.4. The zero-order valence-electron chi connectivity index (χ0n) is 23.0. The van der Waals surface area contributed by atoms with Crippen molar-refractivity contribution >= 4 is 19.2 Å². The number of hydrogen-bond acceptors (Lipinski definition) is 6. The largest absolute Gasteiger partial charge is 0.543 e. The van der Waals surface area contributed by atoms with Crippen molar-refractivity contribution in [2.45, 2.75) is 97.0 Å². The van der Waals surface area contributed by atoms with E-state index in [9.17, 15) is 5.11 Å². The first kappa shape index (κ1) is 26.8. The van der Waals surface area contributed by atoms with E-state index < -0.39 is 14.1 Å². The maximum Gasteiger partial charge on any atom is 0.250 e. The van der Waals surface area contributed by atoms with E-state index in [0.29, 0.717) is 6.61 Å². The molecule has 0 spiro atoms. The third-order valence-corrected chi connectivity index (χ3v) is 11.6. The Hall–Kier alpha value is -2.20. The summed E-state index contributed by atoms with van der Waals surface area (Å²) in [6.07, 6.45) is 6.93. The van der Waals surface area contributed by atoms with Gasteiger partial charge >= 0.3 is 0 Å². The molecule has 198 valence electrons. The minimum atomic E-state index is -1.99. The first-order valence-corrected chi connectivity index (χ1v) is 15.9. The van der Waals surface area contributed by atoms with Crippen LogP contribution < -0.4 is 4.43 Å². The number of nitrogens with zero attached hydrogens (tertiary/aromatic N) is 4. The highest BCUT2D eigenvalue weighted by molar-refractivity contribution is 6.74. The van der Waals surface area contributed by atoms with E-state index in [4.69, 9.17) is 19.0 Å². The Labute approximate surface area is 215 Å². The molecule has 1 unspecified atom stereocenters. The maximum atomic E-state index is 9.91. The maximum absolute atomic E-state index is 9.91. The molecule has 0 saturated carbocycles. The minimum absolute atomic E-state index is 0.0438. The van der Waals surface area contributed by atoms with Crippen molar-refractivity contribution < 1.29 is 19.0 Å². The number of rotatable bonds is 8. The first-order valence-electron chi connectivity index (χ1n) is 13.0. The van der Waals surface area contributed by atoms with Crippen molar-refractivity contribution in [1.82, 2.24) is 19.6 Å². The third kappa shape index (κ3) is 5.85. The van der Waals surface area contributed by atoms with Crippen molar-refractivity contribution in [3.05, 3.63) is 30.6 Å². The average Bonchev–Trinajstić information content (AvgIpc) is 3.41. The van der Waals surface area contributed by atoms with Gasteiger partial charge < -0.3 is 19.0 Å². The topological polar surface area (TPSA) is 83.6 Å². The van der Waals surface area contributed by atoms with Gasteiger partial charge in [0.1, 0.15) is 11.4 Å². The van der Waals surface area contributed by atoms with Crippen molar-refractivity contribution in [1.29, 1.82) is 0 Å². The molecule has 0 radical (unpaired) electrons. The van der Waals surface area contributed by atoms with E-state index in [1.54, 1.807) is 13.8 Å². The fourth-order valence-corrected chi connectivity index (χ4v) is 5.11. The molecule has 3 heterocycles. The summed E-state index contributed by atoms with van der Waals surface area (Å²) in [7, 11) is -1.99. The van der Waals surface area contributed by atoms with Crippen LogP contribution in [0, 0.1) is 0 Å². The standard InChI is InChI=1S/C27H42N4O4Si/c1-19(18-34-27(5,6)32)30-17-20(16-28-30)25-22-15-21(35-36(7,8)26(2,3)4)12-13-23(22)31(29-25)24-11-9-10-14-33-24/h12-13,15-17,19,24,32H,9-11,14,18H2,1-8H3/t19-,24?/m0/s1. The van der Waals surface area contributed by atoms with Crippen LogP contribution in [-0.4, -0.2) is 52.0 Å². The summed E-state index contributed by atoms with van der Waals surface area (Å²) >= 11 is 0. The molecule has 4 rings (SSSR count). The van der Waals surface area contributed by atoms with Gasteiger partial charge in [-0.3, -0.25) is 4.68 Å². The number of aromatic nitrogens is 4. The molecule has 9 heteroatoms. The van der Waals surface area contributed by atoms with Crippen LogP contribution in [0.1, 0.15) is 73.1 Å². The van der Waals surface area contributed by atoms with Crippen LogP contribution in [0.15, 0.2) is 30.6 Å². The molecular formula is C27H42N4O4Si. The molecule has 1 aromatic carbocycles. The number of hydrogen-bond donors (Lipinski definition) is 1. The number of fused-ring (bicyclic) bond motifs is 1. The van der Waals surface area contributed by atoms with E-state index >= 15 is 0 Å². The summed E-state index contributed by atoms with van der Waals surface area (Å²) < 4.78 is 22.2. The van der Waals surface area contributed by atoms with Crippen LogP contribution in [-0.2, 0) is 9.47 Å². The molecule has 8 nitrogen and oxygen atoms in total. The van der Waals surface area contributed by atoms with Gasteiger partial charge in [-0.05, 0) is 76.4 Å². The van der Waals surface area contributed by atoms with Crippen LogP contribution in [0.4, 0.5) is 0 Å². The SMILES string of the molecule is C[C@@H](COC(C)(C)O)n1cc(-c2nn(C3CCCCO3)c3ccc(O[Si](C)(C)C(C)(C)C)cc23)cn1. The second-order valence-electron chi connectivity index (χ2n) is 12.0. The molecule has 2 aromatic heterocycles. The van der Waals surface area contributed by atoms with Crippen molar-refractivity contribution in [2.24, 2.45) is 0 Å². The number of ether oxygens (including phenoxy) is 2.